The molecule has 1 aromatic heterocycles. The lowest BCUT2D eigenvalue weighted by Crippen LogP contribution is -2.24. The van der Waals surface area contributed by atoms with Crippen LogP contribution in [0.5, 0.6) is 0 Å². The zero-order chi connectivity index (χ0) is 20.1. The molecule has 2 heterocycles. The summed E-state index contributed by atoms with van der Waals surface area (Å²) < 4.78 is 2.38. The number of nitrogens with zero attached hydrogens (tertiary/aromatic N) is 3. The Bertz CT molecular complexity index is 947. The average molecular weight is 390 g/mol. The van der Waals surface area contributed by atoms with Gasteiger partial charge >= 0.3 is 0 Å². The summed E-state index contributed by atoms with van der Waals surface area (Å²) in [5, 5.41) is 0. The second-order valence-corrected chi connectivity index (χ2v) is 8.12. The maximum absolute atomic E-state index is 12.7. The monoisotopic (exact) mass is 389 g/mol. The van der Waals surface area contributed by atoms with E-state index in [9.17, 15) is 4.79 Å². The fourth-order valence-corrected chi connectivity index (χ4v) is 4.43. The zero-order valence-electron chi connectivity index (χ0n) is 17.4. The van der Waals surface area contributed by atoms with Gasteiger partial charge in [-0.25, -0.2) is 4.98 Å². The molecule has 0 saturated carbocycles. The highest BCUT2D eigenvalue weighted by atomic mass is 16.2. The van der Waals surface area contributed by atoms with E-state index in [2.05, 4.69) is 29.7 Å². The topological polar surface area (TPSA) is 38.1 Å². The number of carbonyl (C=O) groups is 1. The molecular weight excluding hydrogens is 358 g/mol. The Kier molecular flexibility index (Phi) is 6.28. The summed E-state index contributed by atoms with van der Waals surface area (Å²) in [5.74, 6) is 1.42. The molecular formula is C25H31N3O. The van der Waals surface area contributed by atoms with Gasteiger partial charge in [0.1, 0.15) is 5.82 Å². The van der Waals surface area contributed by atoms with E-state index in [1.807, 2.05) is 41.3 Å². The van der Waals surface area contributed by atoms with E-state index in [4.69, 9.17) is 4.98 Å². The van der Waals surface area contributed by atoms with Gasteiger partial charge in [0.25, 0.3) is 0 Å². The predicted molar refractivity (Wildman–Crippen MR) is 119 cm³/mol. The number of unbranched alkanes of at least 4 members (excludes halogenated alkanes) is 5. The van der Waals surface area contributed by atoms with Crippen LogP contribution >= 0.6 is 0 Å². The molecule has 2 aromatic carbocycles. The minimum atomic E-state index is 0.148. The van der Waals surface area contributed by atoms with Gasteiger partial charge in [0, 0.05) is 31.1 Å². The Morgan fingerprint density at radius 1 is 0.931 bits per heavy atom. The number of rotatable bonds is 9. The number of aryl methyl sites for hydroxylation is 1. The van der Waals surface area contributed by atoms with Crippen LogP contribution in [0.2, 0.25) is 0 Å². The highest BCUT2D eigenvalue weighted by molar-refractivity contribution is 5.96. The van der Waals surface area contributed by atoms with Gasteiger partial charge in [-0.15, -0.1) is 0 Å². The average Bonchev–Trinajstić information content (AvgIpc) is 3.32. The SMILES string of the molecule is CCCCCCCCn1c([C@@H]2CC(=O)N(c3ccccc3)C2)nc2ccccc21. The van der Waals surface area contributed by atoms with Crippen molar-refractivity contribution in [1.82, 2.24) is 9.55 Å². The molecule has 1 fully saturated rings. The lowest BCUT2D eigenvalue weighted by molar-refractivity contribution is -0.117. The van der Waals surface area contributed by atoms with E-state index in [0.717, 1.165) is 23.6 Å². The van der Waals surface area contributed by atoms with E-state index in [1.165, 1.54) is 44.0 Å². The van der Waals surface area contributed by atoms with Crippen LogP contribution in [0.25, 0.3) is 11.0 Å². The summed E-state index contributed by atoms with van der Waals surface area (Å²) in [6.45, 7) is 3.95. The Balaban J connectivity index is 1.53. The number of hydrogen-bond donors (Lipinski definition) is 0. The summed E-state index contributed by atoms with van der Waals surface area (Å²) in [7, 11) is 0. The molecule has 152 valence electrons. The van der Waals surface area contributed by atoms with Crippen molar-refractivity contribution >= 4 is 22.6 Å². The first kappa shape index (κ1) is 19.7. The van der Waals surface area contributed by atoms with Gasteiger partial charge in [-0.1, -0.05) is 69.4 Å². The van der Waals surface area contributed by atoms with Crippen LogP contribution in [-0.4, -0.2) is 22.0 Å². The van der Waals surface area contributed by atoms with E-state index < -0.39 is 0 Å². The Hall–Kier alpha value is -2.62. The normalized spacial score (nSPS) is 16.8. The molecule has 0 N–H and O–H groups in total. The van der Waals surface area contributed by atoms with Gasteiger partial charge in [0.15, 0.2) is 0 Å². The second-order valence-electron chi connectivity index (χ2n) is 8.12. The van der Waals surface area contributed by atoms with Crippen molar-refractivity contribution in [2.75, 3.05) is 11.4 Å². The molecule has 1 atom stereocenters. The van der Waals surface area contributed by atoms with Gasteiger partial charge in [0.2, 0.25) is 5.91 Å². The zero-order valence-corrected chi connectivity index (χ0v) is 17.4. The molecule has 4 rings (SSSR count). The molecule has 4 nitrogen and oxygen atoms in total. The van der Waals surface area contributed by atoms with Crippen molar-refractivity contribution in [2.45, 2.75) is 64.3 Å². The largest absolute Gasteiger partial charge is 0.328 e. The molecule has 4 heteroatoms. The molecule has 1 aliphatic rings. The number of benzene rings is 2. The molecule has 1 saturated heterocycles. The van der Waals surface area contributed by atoms with E-state index in [-0.39, 0.29) is 11.8 Å². The molecule has 1 amide bonds. The van der Waals surface area contributed by atoms with Gasteiger partial charge in [-0.3, -0.25) is 4.79 Å². The summed E-state index contributed by atoms with van der Waals surface area (Å²) in [5.41, 5.74) is 3.22. The lowest BCUT2D eigenvalue weighted by atomic mass is 10.1. The van der Waals surface area contributed by atoms with Crippen molar-refractivity contribution in [3.63, 3.8) is 0 Å². The smallest absolute Gasteiger partial charge is 0.227 e. The molecule has 29 heavy (non-hydrogen) atoms. The number of para-hydroxylation sites is 3. The summed E-state index contributed by atoms with van der Waals surface area (Å²) in [4.78, 5) is 19.6. The standard InChI is InChI=1S/C25H31N3O/c1-2-3-4-5-6-12-17-27-23-16-11-10-15-22(23)26-25(27)20-18-24(29)28(19-20)21-13-8-7-9-14-21/h7-11,13-16,20H,2-6,12,17-19H2,1H3/t20-/m1/s1. The highest BCUT2D eigenvalue weighted by Gasteiger charge is 2.34. The predicted octanol–water partition coefficient (Wildman–Crippen LogP) is 5.92. The third-order valence-corrected chi connectivity index (χ3v) is 5.98. The van der Waals surface area contributed by atoms with Crippen molar-refractivity contribution in [3.8, 4) is 0 Å². The molecule has 0 unspecified atom stereocenters. The van der Waals surface area contributed by atoms with Gasteiger partial charge in [-0.2, -0.15) is 0 Å². The Morgan fingerprint density at radius 3 is 2.48 bits per heavy atom. The highest BCUT2D eigenvalue weighted by Crippen LogP contribution is 2.33. The quantitative estimate of drug-likeness (QED) is 0.426. The minimum absolute atomic E-state index is 0.148. The first-order chi connectivity index (χ1) is 14.3. The van der Waals surface area contributed by atoms with Gasteiger partial charge in [0.05, 0.1) is 11.0 Å². The maximum Gasteiger partial charge on any atom is 0.227 e. The number of aromatic nitrogens is 2. The van der Waals surface area contributed by atoms with Crippen LogP contribution < -0.4 is 4.90 Å². The van der Waals surface area contributed by atoms with Crippen LogP contribution in [-0.2, 0) is 11.3 Å². The molecule has 0 radical (unpaired) electrons. The molecule has 0 bridgehead atoms. The van der Waals surface area contributed by atoms with Crippen LogP contribution in [0.3, 0.4) is 0 Å². The first-order valence-corrected chi connectivity index (χ1v) is 11.1. The van der Waals surface area contributed by atoms with Crippen molar-refractivity contribution < 1.29 is 4.79 Å². The van der Waals surface area contributed by atoms with Crippen LogP contribution in [0.4, 0.5) is 5.69 Å². The Labute approximate surface area is 173 Å². The number of carbonyl (C=O) groups excluding carboxylic acids is 1. The van der Waals surface area contributed by atoms with Crippen molar-refractivity contribution in [1.29, 1.82) is 0 Å². The van der Waals surface area contributed by atoms with Crippen molar-refractivity contribution in [3.05, 3.63) is 60.4 Å². The molecule has 3 aromatic rings. The maximum atomic E-state index is 12.7. The minimum Gasteiger partial charge on any atom is -0.328 e. The van der Waals surface area contributed by atoms with Crippen LogP contribution in [0.1, 0.15) is 63.6 Å². The third-order valence-electron chi connectivity index (χ3n) is 5.98. The van der Waals surface area contributed by atoms with E-state index in [0.29, 0.717) is 13.0 Å². The molecule has 1 aliphatic heterocycles. The van der Waals surface area contributed by atoms with Crippen molar-refractivity contribution in [2.24, 2.45) is 0 Å². The number of fused-ring (bicyclic) bond motifs is 1. The second kappa shape index (κ2) is 9.25. The van der Waals surface area contributed by atoms with Gasteiger partial charge in [-0.05, 0) is 30.7 Å². The third kappa shape index (κ3) is 4.36. The van der Waals surface area contributed by atoms with Crippen LogP contribution in [0.15, 0.2) is 54.6 Å². The van der Waals surface area contributed by atoms with Crippen LogP contribution in [0, 0.1) is 0 Å². The Morgan fingerprint density at radius 2 is 1.66 bits per heavy atom. The molecule has 0 spiro atoms. The summed E-state index contributed by atoms with van der Waals surface area (Å²) in [6.07, 6.45) is 8.21. The number of hydrogen-bond acceptors (Lipinski definition) is 2. The van der Waals surface area contributed by atoms with E-state index in [1.54, 1.807) is 0 Å². The van der Waals surface area contributed by atoms with Gasteiger partial charge < -0.3 is 9.47 Å². The fourth-order valence-electron chi connectivity index (χ4n) is 4.43. The lowest BCUT2D eigenvalue weighted by Gasteiger charge is -2.17. The first-order valence-electron chi connectivity index (χ1n) is 11.1. The number of amides is 1. The summed E-state index contributed by atoms with van der Waals surface area (Å²) in [6, 6.07) is 18.4. The number of anilines is 1. The van der Waals surface area contributed by atoms with E-state index >= 15 is 0 Å². The molecule has 0 aliphatic carbocycles. The summed E-state index contributed by atoms with van der Waals surface area (Å²) >= 11 is 0. The fraction of sp³-hybridized carbons (Fsp3) is 0.440. The number of imidazole rings is 1.